The Labute approximate surface area is 167 Å². The molecule has 6 heteroatoms. The van der Waals surface area contributed by atoms with E-state index >= 15 is 0 Å². The van der Waals surface area contributed by atoms with Crippen molar-refractivity contribution in [3.63, 3.8) is 0 Å². The molecule has 0 amide bonds. The van der Waals surface area contributed by atoms with E-state index in [0.717, 1.165) is 36.4 Å². The van der Waals surface area contributed by atoms with Gasteiger partial charge in [-0.25, -0.2) is 0 Å². The third-order valence-electron chi connectivity index (χ3n) is 4.78. The Morgan fingerprint density at radius 1 is 0.929 bits per heavy atom. The van der Waals surface area contributed by atoms with Crippen molar-refractivity contribution in [3.05, 3.63) is 59.8 Å². The Morgan fingerprint density at radius 3 is 2.32 bits per heavy atom. The van der Waals surface area contributed by atoms with Crippen LogP contribution in [0, 0.1) is 6.92 Å². The number of benzene rings is 2. The summed E-state index contributed by atoms with van der Waals surface area (Å²) in [5.41, 5.74) is 5.61. The minimum atomic E-state index is 0.467. The van der Waals surface area contributed by atoms with Crippen LogP contribution in [0.5, 0.6) is 0 Å². The van der Waals surface area contributed by atoms with Gasteiger partial charge < -0.3 is 15.5 Å². The smallest absolute Gasteiger partial charge is 0.249 e. The minimum Gasteiger partial charge on any atom is -0.372 e. The molecule has 2 N–H and O–H groups in total. The molecule has 0 atom stereocenters. The molecule has 2 aromatic carbocycles. The number of aryl methyl sites for hydroxylation is 2. The molecule has 0 radical (unpaired) electrons. The molecule has 1 heterocycles. The van der Waals surface area contributed by atoms with E-state index in [1.165, 1.54) is 11.3 Å². The summed E-state index contributed by atoms with van der Waals surface area (Å²) in [4.78, 5) is 6.85. The van der Waals surface area contributed by atoms with Crippen molar-refractivity contribution < 1.29 is 0 Å². The molecular formula is C22H28N6. The van der Waals surface area contributed by atoms with E-state index in [1.54, 1.807) is 6.20 Å². The first kappa shape index (κ1) is 19.6. The van der Waals surface area contributed by atoms with E-state index in [1.807, 2.05) is 12.1 Å². The van der Waals surface area contributed by atoms with Crippen molar-refractivity contribution in [2.75, 3.05) is 28.6 Å². The first-order chi connectivity index (χ1) is 13.6. The zero-order valence-corrected chi connectivity index (χ0v) is 17.0. The number of hydrogen-bond acceptors (Lipinski definition) is 6. The van der Waals surface area contributed by atoms with Gasteiger partial charge in [-0.05, 0) is 68.7 Å². The van der Waals surface area contributed by atoms with Crippen molar-refractivity contribution in [1.82, 2.24) is 15.2 Å². The molecule has 3 aromatic rings. The molecule has 3 rings (SSSR count). The van der Waals surface area contributed by atoms with Gasteiger partial charge >= 0.3 is 0 Å². The maximum absolute atomic E-state index is 4.53. The van der Waals surface area contributed by atoms with Crippen LogP contribution < -0.4 is 15.5 Å². The summed E-state index contributed by atoms with van der Waals surface area (Å²) in [5, 5.41) is 14.7. The lowest BCUT2D eigenvalue weighted by Crippen LogP contribution is -2.21. The molecule has 0 aliphatic carbocycles. The Bertz CT molecular complexity index is 903. The number of nitrogens with zero attached hydrogens (tertiary/aromatic N) is 4. The van der Waals surface area contributed by atoms with E-state index in [4.69, 9.17) is 0 Å². The Kier molecular flexibility index (Phi) is 6.42. The second kappa shape index (κ2) is 9.17. The van der Waals surface area contributed by atoms with Gasteiger partial charge in [-0.15, -0.1) is 5.10 Å². The molecule has 28 heavy (non-hydrogen) atoms. The van der Waals surface area contributed by atoms with Gasteiger partial charge in [0.05, 0.1) is 6.20 Å². The van der Waals surface area contributed by atoms with Crippen LogP contribution in [0.1, 0.15) is 31.9 Å². The lowest BCUT2D eigenvalue weighted by atomic mass is 10.1. The van der Waals surface area contributed by atoms with Crippen molar-refractivity contribution in [3.8, 4) is 0 Å². The fraction of sp³-hybridized carbons (Fsp3) is 0.318. The lowest BCUT2D eigenvalue weighted by Gasteiger charge is -2.22. The summed E-state index contributed by atoms with van der Waals surface area (Å²) < 4.78 is 0. The van der Waals surface area contributed by atoms with Crippen LogP contribution in [0.25, 0.3) is 0 Å². The lowest BCUT2D eigenvalue weighted by molar-refractivity contribution is 0.865. The van der Waals surface area contributed by atoms with Gasteiger partial charge in [0.1, 0.15) is 0 Å². The average molecular weight is 377 g/mol. The van der Waals surface area contributed by atoms with Gasteiger partial charge in [-0.3, -0.25) is 0 Å². The summed E-state index contributed by atoms with van der Waals surface area (Å²) >= 11 is 0. The van der Waals surface area contributed by atoms with Gasteiger partial charge in [0.2, 0.25) is 5.95 Å². The third-order valence-corrected chi connectivity index (χ3v) is 4.78. The van der Waals surface area contributed by atoms with E-state index in [0.29, 0.717) is 11.8 Å². The summed E-state index contributed by atoms with van der Waals surface area (Å²) in [7, 11) is 0. The quantitative estimate of drug-likeness (QED) is 0.572. The maximum Gasteiger partial charge on any atom is 0.249 e. The second-order valence-electron chi connectivity index (χ2n) is 6.64. The number of hydrogen-bond donors (Lipinski definition) is 2. The molecule has 0 unspecified atom stereocenters. The van der Waals surface area contributed by atoms with Crippen LogP contribution >= 0.6 is 0 Å². The maximum atomic E-state index is 4.53. The first-order valence-corrected chi connectivity index (χ1v) is 9.81. The minimum absolute atomic E-state index is 0.467. The van der Waals surface area contributed by atoms with Crippen molar-refractivity contribution >= 4 is 28.8 Å². The highest BCUT2D eigenvalue weighted by Gasteiger charge is 2.07. The van der Waals surface area contributed by atoms with Gasteiger partial charge in [0.25, 0.3) is 0 Å². The van der Waals surface area contributed by atoms with Crippen LogP contribution in [0.15, 0.2) is 48.7 Å². The molecule has 0 aliphatic rings. The number of rotatable bonds is 8. The monoisotopic (exact) mass is 376 g/mol. The predicted octanol–water partition coefficient (Wildman–Crippen LogP) is 5.08. The standard InChI is InChI=1S/C22H28N6/c1-5-17-8-10-18(11-9-17)24-21-15-23-27-22(26-21)25-20-13-12-19(14-16(20)4)28(6-2)7-3/h8-15H,5-7H2,1-4H3,(H2,24,25,26,27). The Balaban J connectivity index is 1.73. The molecule has 0 saturated heterocycles. The summed E-state index contributed by atoms with van der Waals surface area (Å²) in [6.45, 7) is 10.5. The van der Waals surface area contributed by atoms with Crippen LogP contribution in [-0.2, 0) is 6.42 Å². The molecule has 0 saturated carbocycles. The third kappa shape index (κ3) is 4.76. The van der Waals surface area contributed by atoms with Gasteiger partial charge in [-0.1, -0.05) is 19.1 Å². The largest absolute Gasteiger partial charge is 0.372 e. The van der Waals surface area contributed by atoms with E-state index in [9.17, 15) is 0 Å². The van der Waals surface area contributed by atoms with Gasteiger partial charge in [0, 0.05) is 30.2 Å². The molecule has 0 bridgehead atoms. The molecular weight excluding hydrogens is 348 g/mol. The van der Waals surface area contributed by atoms with Crippen LogP contribution in [0.2, 0.25) is 0 Å². The molecule has 0 spiro atoms. The average Bonchev–Trinajstić information content (AvgIpc) is 2.72. The van der Waals surface area contributed by atoms with E-state index in [2.05, 4.69) is 88.7 Å². The van der Waals surface area contributed by atoms with Gasteiger partial charge in [0.15, 0.2) is 5.82 Å². The molecule has 0 fully saturated rings. The number of anilines is 5. The van der Waals surface area contributed by atoms with Crippen LogP contribution in [0.4, 0.5) is 28.8 Å². The highest BCUT2D eigenvalue weighted by Crippen LogP contribution is 2.25. The highest BCUT2D eigenvalue weighted by atomic mass is 15.3. The fourth-order valence-electron chi connectivity index (χ4n) is 3.08. The zero-order valence-electron chi connectivity index (χ0n) is 17.0. The van der Waals surface area contributed by atoms with Crippen molar-refractivity contribution in [2.45, 2.75) is 34.1 Å². The van der Waals surface area contributed by atoms with Gasteiger partial charge in [-0.2, -0.15) is 10.1 Å². The predicted molar refractivity (Wildman–Crippen MR) is 117 cm³/mol. The number of nitrogens with one attached hydrogen (secondary N) is 2. The fourth-order valence-corrected chi connectivity index (χ4v) is 3.08. The normalized spacial score (nSPS) is 10.6. The van der Waals surface area contributed by atoms with Crippen molar-refractivity contribution in [1.29, 1.82) is 0 Å². The highest BCUT2D eigenvalue weighted by molar-refractivity contribution is 5.65. The molecule has 146 valence electrons. The SMILES string of the molecule is CCc1ccc(Nc2cnnc(Nc3ccc(N(CC)CC)cc3C)n2)cc1. The summed E-state index contributed by atoms with van der Waals surface area (Å²) in [5.74, 6) is 1.12. The van der Waals surface area contributed by atoms with E-state index in [-0.39, 0.29) is 0 Å². The topological polar surface area (TPSA) is 66.0 Å². The van der Waals surface area contributed by atoms with Crippen LogP contribution in [0.3, 0.4) is 0 Å². The Hall–Kier alpha value is -3.15. The van der Waals surface area contributed by atoms with Crippen LogP contribution in [-0.4, -0.2) is 28.3 Å². The number of aromatic nitrogens is 3. The molecule has 0 aliphatic heterocycles. The first-order valence-electron chi connectivity index (χ1n) is 9.81. The molecule has 6 nitrogen and oxygen atoms in total. The Morgan fingerprint density at radius 2 is 1.68 bits per heavy atom. The molecule has 1 aromatic heterocycles. The summed E-state index contributed by atoms with van der Waals surface area (Å²) in [6.07, 6.45) is 2.64. The second-order valence-corrected chi connectivity index (χ2v) is 6.64. The van der Waals surface area contributed by atoms with Crippen molar-refractivity contribution in [2.24, 2.45) is 0 Å². The summed E-state index contributed by atoms with van der Waals surface area (Å²) in [6, 6.07) is 14.7. The zero-order chi connectivity index (χ0) is 19.9. The van der Waals surface area contributed by atoms with E-state index < -0.39 is 0 Å².